The highest BCUT2D eigenvalue weighted by Crippen LogP contribution is 2.38. The number of anilines is 1. The monoisotopic (exact) mass is 478 g/mol. The molecular formula is C18H12F6N4O3S. The van der Waals surface area contributed by atoms with Crippen LogP contribution in [-0.2, 0) is 28.7 Å². The fourth-order valence-corrected chi connectivity index (χ4v) is 4.50. The second kappa shape index (κ2) is 6.92. The fraction of sp³-hybridized carbons (Fsp3) is 0.278. The third-order valence-electron chi connectivity index (χ3n) is 4.92. The Morgan fingerprint density at radius 3 is 2.31 bits per heavy atom. The number of carbonyl (C=O) groups is 1. The summed E-state index contributed by atoms with van der Waals surface area (Å²) < 4.78 is 104. The van der Waals surface area contributed by atoms with E-state index in [9.17, 15) is 39.6 Å². The van der Waals surface area contributed by atoms with Gasteiger partial charge in [-0.05, 0) is 18.2 Å². The van der Waals surface area contributed by atoms with Crippen LogP contribution < -0.4 is 4.90 Å². The van der Waals surface area contributed by atoms with Crippen molar-refractivity contribution in [2.24, 2.45) is 0 Å². The van der Waals surface area contributed by atoms with Crippen LogP contribution in [0.15, 0.2) is 35.5 Å². The van der Waals surface area contributed by atoms with Crippen LogP contribution in [-0.4, -0.2) is 34.7 Å². The molecule has 1 amide bonds. The molecule has 4 heterocycles. The molecule has 0 N–H and O–H groups in total. The van der Waals surface area contributed by atoms with E-state index in [2.05, 4.69) is 10.1 Å². The summed E-state index contributed by atoms with van der Waals surface area (Å²) in [6.45, 7) is 0.902. The van der Waals surface area contributed by atoms with E-state index in [0.717, 1.165) is 11.0 Å². The Labute approximate surface area is 176 Å². The Bertz CT molecular complexity index is 1360. The third-order valence-corrected chi connectivity index (χ3v) is 6.70. The largest absolute Gasteiger partial charge is 0.417 e. The molecule has 4 rings (SSSR count). The lowest BCUT2D eigenvalue weighted by atomic mass is 10.1. The van der Waals surface area contributed by atoms with Crippen molar-refractivity contribution in [3.8, 4) is 0 Å². The number of fused-ring (bicyclic) bond motifs is 2. The molecular weight excluding hydrogens is 466 g/mol. The molecule has 0 saturated carbocycles. The highest BCUT2D eigenvalue weighted by atomic mass is 32.2. The molecule has 0 aromatic carbocycles. The van der Waals surface area contributed by atoms with Gasteiger partial charge in [-0.25, -0.2) is 12.9 Å². The maximum atomic E-state index is 13.1. The van der Waals surface area contributed by atoms with Crippen LogP contribution in [0.5, 0.6) is 0 Å². The highest BCUT2D eigenvalue weighted by Gasteiger charge is 2.40. The number of rotatable bonds is 3. The summed E-state index contributed by atoms with van der Waals surface area (Å²) in [5.74, 6) is -1.93. The number of aromatic nitrogens is 3. The van der Waals surface area contributed by atoms with Crippen molar-refractivity contribution in [1.82, 2.24) is 14.6 Å². The van der Waals surface area contributed by atoms with E-state index in [0.29, 0.717) is 29.0 Å². The zero-order valence-electron chi connectivity index (χ0n) is 16.0. The van der Waals surface area contributed by atoms with Crippen molar-refractivity contribution in [1.29, 1.82) is 0 Å². The van der Waals surface area contributed by atoms with Gasteiger partial charge in [0.15, 0.2) is 15.7 Å². The van der Waals surface area contributed by atoms with Gasteiger partial charge in [-0.1, -0.05) is 6.92 Å². The standard InChI is InChI=1S/C18H12F6N4O3S/c1-2-32(30,31)14-13-4-3-9(17(19,20)21)7-28(13)26-15(14)27-8-12-11(16(27)29)5-10(6-25-12)18(22,23)24/h3-7H,2,8H2,1H3. The van der Waals surface area contributed by atoms with Crippen molar-refractivity contribution in [3.05, 3.63) is 53.0 Å². The van der Waals surface area contributed by atoms with E-state index in [1.807, 2.05) is 0 Å². The van der Waals surface area contributed by atoms with Crippen molar-refractivity contribution >= 4 is 27.1 Å². The number of hydrogen-bond acceptors (Lipinski definition) is 5. The van der Waals surface area contributed by atoms with Gasteiger partial charge in [-0.3, -0.25) is 14.7 Å². The lowest BCUT2D eigenvalue weighted by Crippen LogP contribution is -2.25. The number of halogens is 6. The Morgan fingerprint density at radius 2 is 1.72 bits per heavy atom. The van der Waals surface area contributed by atoms with Crippen molar-refractivity contribution in [2.45, 2.75) is 30.7 Å². The van der Waals surface area contributed by atoms with Gasteiger partial charge in [0.2, 0.25) is 0 Å². The molecule has 1 aliphatic heterocycles. The molecule has 3 aromatic heterocycles. The number of pyridine rings is 2. The molecule has 32 heavy (non-hydrogen) atoms. The highest BCUT2D eigenvalue weighted by molar-refractivity contribution is 7.91. The number of carbonyl (C=O) groups excluding carboxylic acids is 1. The normalized spacial score (nSPS) is 15.0. The first-order valence-electron chi connectivity index (χ1n) is 8.94. The van der Waals surface area contributed by atoms with E-state index < -0.39 is 67.8 Å². The average Bonchev–Trinajstić information content (AvgIpc) is 3.24. The molecule has 0 radical (unpaired) electrons. The van der Waals surface area contributed by atoms with E-state index in [4.69, 9.17) is 0 Å². The number of sulfone groups is 1. The minimum Gasteiger partial charge on any atom is -0.284 e. The third kappa shape index (κ3) is 3.47. The SMILES string of the molecule is CCS(=O)(=O)c1c(N2Cc3ncc(C(F)(F)F)cc3C2=O)nn2cc(C(F)(F)F)ccc12. The zero-order valence-corrected chi connectivity index (χ0v) is 16.8. The maximum Gasteiger partial charge on any atom is 0.417 e. The van der Waals surface area contributed by atoms with Gasteiger partial charge in [0.05, 0.1) is 40.2 Å². The molecule has 0 bridgehead atoms. The van der Waals surface area contributed by atoms with E-state index >= 15 is 0 Å². The second-order valence-electron chi connectivity index (χ2n) is 6.91. The minimum absolute atomic E-state index is 0.0455. The van der Waals surface area contributed by atoms with Gasteiger partial charge in [-0.15, -0.1) is 5.10 Å². The summed E-state index contributed by atoms with van der Waals surface area (Å²) in [5, 5.41) is 3.88. The average molecular weight is 478 g/mol. The summed E-state index contributed by atoms with van der Waals surface area (Å²) in [4.78, 5) is 16.8. The van der Waals surface area contributed by atoms with Crippen LogP contribution in [0, 0.1) is 0 Å². The van der Waals surface area contributed by atoms with Gasteiger partial charge in [0.1, 0.15) is 4.90 Å². The molecule has 0 fully saturated rings. The van der Waals surface area contributed by atoms with Crippen LogP contribution in [0.3, 0.4) is 0 Å². The topological polar surface area (TPSA) is 84.6 Å². The molecule has 3 aromatic rings. The molecule has 7 nitrogen and oxygen atoms in total. The van der Waals surface area contributed by atoms with Crippen molar-refractivity contribution in [3.63, 3.8) is 0 Å². The predicted octanol–water partition coefficient (Wildman–Crippen LogP) is 3.72. The van der Waals surface area contributed by atoms with Crippen LogP contribution in [0.2, 0.25) is 0 Å². The minimum atomic E-state index is -4.76. The summed E-state index contributed by atoms with van der Waals surface area (Å²) in [6, 6.07) is 2.18. The number of hydrogen-bond donors (Lipinski definition) is 0. The van der Waals surface area contributed by atoms with Crippen molar-refractivity contribution < 1.29 is 39.6 Å². The van der Waals surface area contributed by atoms with Gasteiger partial charge >= 0.3 is 12.4 Å². The van der Waals surface area contributed by atoms with E-state index in [1.54, 1.807) is 0 Å². The van der Waals surface area contributed by atoms with E-state index in [-0.39, 0.29) is 11.2 Å². The molecule has 0 spiro atoms. The Hall–Kier alpha value is -3.16. The Morgan fingerprint density at radius 1 is 1.06 bits per heavy atom. The van der Waals surface area contributed by atoms with Crippen LogP contribution in [0.25, 0.3) is 5.52 Å². The molecule has 0 saturated heterocycles. The molecule has 0 atom stereocenters. The maximum absolute atomic E-state index is 13.1. The fourth-order valence-electron chi connectivity index (χ4n) is 3.30. The predicted molar refractivity (Wildman–Crippen MR) is 97.7 cm³/mol. The number of nitrogens with zero attached hydrogens (tertiary/aromatic N) is 4. The first-order chi connectivity index (χ1) is 14.7. The van der Waals surface area contributed by atoms with Crippen LogP contribution >= 0.6 is 0 Å². The molecule has 1 aliphatic rings. The van der Waals surface area contributed by atoms with Gasteiger partial charge in [-0.2, -0.15) is 26.3 Å². The zero-order chi connectivity index (χ0) is 23.6. The molecule has 170 valence electrons. The van der Waals surface area contributed by atoms with Gasteiger partial charge in [0.25, 0.3) is 5.91 Å². The van der Waals surface area contributed by atoms with Crippen LogP contribution in [0.1, 0.15) is 34.1 Å². The summed E-state index contributed by atoms with van der Waals surface area (Å²) in [5.41, 5.74) is -2.92. The Kier molecular flexibility index (Phi) is 4.77. The van der Waals surface area contributed by atoms with Crippen LogP contribution in [0.4, 0.5) is 32.2 Å². The van der Waals surface area contributed by atoms with Gasteiger partial charge in [0, 0.05) is 12.4 Å². The smallest absolute Gasteiger partial charge is 0.284 e. The molecule has 14 heteroatoms. The second-order valence-corrected chi connectivity index (χ2v) is 9.12. The Balaban J connectivity index is 1.90. The summed E-state index contributed by atoms with van der Waals surface area (Å²) in [7, 11) is -4.10. The van der Waals surface area contributed by atoms with Gasteiger partial charge < -0.3 is 0 Å². The van der Waals surface area contributed by atoms with E-state index in [1.165, 1.54) is 6.92 Å². The lowest BCUT2D eigenvalue weighted by molar-refractivity contribution is -0.138. The number of alkyl halides is 6. The first kappa shape index (κ1) is 22.0. The first-order valence-corrected chi connectivity index (χ1v) is 10.6. The molecule has 0 unspecified atom stereocenters. The lowest BCUT2D eigenvalue weighted by Gasteiger charge is -2.14. The number of amides is 1. The summed E-state index contributed by atoms with van der Waals surface area (Å²) >= 11 is 0. The quantitative estimate of drug-likeness (QED) is 0.536. The van der Waals surface area contributed by atoms with Crippen molar-refractivity contribution in [2.75, 3.05) is 10.7 Å². The molecule has 0 aliphatic carbocycles. The summed E-state index contributed by atoms with van der Waals surface area (Å²) in [6.07, 6.45) is -8.38.